The lowest BCUT2D eigenvalue weighted by molar-refractivity contribution is 0.164. The maximum absolute atomic E-state index is 10.0. The van der Waals surface area contributed by atoms with Gasteiger partial charge >= 0.3 is 0 Å². The van der Waals surface area contributed by atoms with E-state index in [1.165, 1.54) is 0 Å². The molecular formula is C18H26N4O2. The molecule has 0 radical (unpaired) electrons. The summed E-state index contributed by atoms with van der Waals surface area (Å²) in [6.45, 7) is 11.9. The van der Waals surface area contributed by atoms with E-state index >= 15 is 0 Å². The van der Waals surface area contributed by atoms with Crippen LogP contribution >= 0.6 is 0 Å². The molecule has 130 valence electrons. The van der Waals surface area contributed by atoms with Crippen molar-refractivity contribution in [2.75, 3.05) is 31.1 Å². The molecule has 2 heterocycles. The number of rotatable bonds is 3. The standard InChI is InChI=1S/C18H26N4O2/c1-13(16-19-17(20-24-16)18(2,3)4)21-9-11-22(12-10-21)14-7-5-6-8-15(14)23/h5-8,13,23H,9-12H2,1-4H3/t13-/m1/s1. The first-order valence-electron chi connectivity index (χ1n) is 8.47. The third-order valence-corrected chi connectivity index (χ3v) is 4.55. The molecule has 2 aromatic rings. The Labute approximate surface area is 143 Å². The van der Waals surface area contributed by atoms with Gasteiger partial charge in [0.15, 0.2) is 5.82 Å². The van der Waals surface area contributed by atoms with E-state index in [2.05, 4.69) is 47.6 Å². The molecular weight excluding hydrogens is 304 g/mol. The van der Waals surface area contributed by atoms with Crippen LogP contribution in [0.5, 0.6) is 5.75 Å². The van der Waals surface area contributed by atoms with Crippen LogP contribution in [0.2, 0.25) is 0 Å². The highest BCUT2D eigenvalue weighted by molar-refractivity contribution is 5.57. The van der Waals surface area contributed by atoms with Gasteiger partial charge in [0, 0.05) is 31.6 Å². The van der Waals surface area contributed by atoms with Gasteiger partial charge in [-0.1, -0.05) is 38.1 Å². The predicted octanol–water partition coefficient (Wildman–Crippen LogP) is 2.96. The fourth-order valence-corrected chi connectivity index (χ4v) is 2.95. The van der Waals surface area contributed by atoms with E-state index in [4.69, 9.17) is 4.52 Å². The van der Waals surface area contributed by atoms with Gasteiger partial charge in [-0.3, -0.25) is 4.90 Å². The van der Waals surface area contributed by atoms with Crippen molar-refractivity contribution in [1.29, 1.82) is 0 Å². The average molecular weight is 330 g/mol. The molecule has 0 saturated carbocycles. The normalized spacial score (nSPS) is 17.9. The lowest BCUT2D eigenvalue weighted by Crippen LogP contribution is -2.47. The fraction of sp³-hybridized carbons (Fsp3) is 0.556. The number of phenolic OH excluding ortho intramolecular Hbond substituents is 1. The van der Waals surface area contributed by atoms with Crippen molar-refractivity contribution in [3.05, 3.63) is 36.0 Å². The maximum atomic E-state index is 10.0. The highest BCUT2D eigenvalue weighted by Gasteiger charge is 2.28. The van der Waals surface area contributed by atoms with Crippen molar-refractivity contribution >= 4 is 5.69 Å². The zero-order chi connectivity index (χ0) is 17.3. The molecule has 6 nitrogen and oxygen atoms in total. The van der Waals surface area contributed by atoms with E-state index in [0.717, 1.165) is 37.7 Å². The molecule has 1 aliphatic heterocycles. The van der Waals surface area contributed by atoms with Crippen LogP contribution in [0.15, 0.2) is 28.8 Å². The van der Waals surface area contributed by atoms with Crippen LogP contribution in [0.1, 0.15) is 45.5 Å². The third kappa shape index (κ3) is 3.38. The van der Waals surface area contributed by atoms with Crippen LogP contribution in [0.3, 0.4) is 0 Å². The van der Waals surface area contributed by atoms with E-state index in [0.29, 0.717) is 11.6 Å². The lowest BCUT2D eigenvalue weighted by atomic mass is 9.96. The van der Waals surface area contributed by atoms with Crippen LogP contribution in [0.4, 0.5) is 5.69 Å². The molecule has 1 aromatic carbocycles. The molecule has 0 aliphatic carbocycles. The second kappa shape index (κ2) is 6.43. The number of aromatic hydroxyl groups is 1. The smallest absolute Gasteiger partial charge is 0.243 e. The minimum Gasteiger partial charge on any atom is -0.506 e. The minimum absolute atomic E-state index is 0.0973. The summed E-state index contributed by atoms with van der Waals surface area (Å²) in [6.07, 6.45) is 0. The Morgan fingerprint density at radius 3 is 2.38 bits per heavy atom. The van der Waals surface area contributed by atoms with Gasteiger partial charge in [0.25, 0.3) is 0 Å². The molecule has 0 amide bonds. The monoisotopic (exact) mass is 330 g/mol. The summed E-state index contributed by atoms with van der Waals surface area (Å²) in [5, 5.41) is 14.1. The number of anilines is 1. The molecule has 1 N–H and O–H groups in total. The Morgan fingerprint density at radius 2 is 1.79 bits per heavy atom. The Morgan fingerprint density at radius 1 is 1.12 bits per heavy atom. The summed E-state index contributed by atoms with van der Waals surface area (Å²) in [6, 6.07) is 7.59. The molecule has 1 saturated heterocycles. The summed E-state index contributed by atoms with van der Waals surface area (Å²) in [5.41, 5.74) is 0.794. The van der Waals surface area contributed by atoms with Gasteiger partial charge in [-0.05, 0) is 19.1 Å². The third-order valence-electron chi connectivity index (χ3n) is 4.55. The Kier molecular flexibility index (Phi) is 4.49. The van der Waals surface area contributed by atoms with Crippen molar-refractivity contribution in [2.45, 2.75) is 39.2 Å². The van der Waals surface area contributed by atoms with Crippen molar-refractivity contribution in [2.24, 2.45) is 0 Å². The van der Waals surface area contributed by atoms with Crippen molar-refractivity contribution in [1.82, 2.24) is 15.0 Å². The van der Waals surface area contributed by atoms with Gasteiger partial charge in [0.05, 0.1) is 11.7 Å². The number of para-hydroxylation sites is 2. The van der Waals surface area contributed by atoms with Crippen LogP contribution in [0.25, 0.3) is 0 Å². The summed E-state index contributed by atoms with van der Waals surface area (Å²) in [5.74, 6) is 1.76. The molecule has 0 bridgehead atoms. The Balaban J connectivity index is 1.64. The lowest BCUT2D eigenvalue weighted by Gasteiger charge is -2.38. The number of hydrogen-bond acceptors (Lipinski definition) is 6. The molecule has 1 aromatic heterocycles. The van der Waals surface area contributed by atoms with Crippen molar-refractivity contribution in [3.8, 4) is 5.75 Å². The summed E-state index contributed by atoms with van der Waals surface area (Å²) in [4.78, 5) is 9.13. The molecule has 3 rings (SSSR count). The SMILES string of the molecule is C[C@H](c1nc(C(C)(C)C)no1)N1CCN(c2ccccc2O)CC1. The summed E-state index contributed by atoms with van der Waals surface area (Å²) in [7, 11) is 0. The number of benzene rings is 1. The first-order valence-corrected chi connectivity index (χ1v) is 8.47. The first-order chi connectivity index (χ1) is 11.4. The highest BCUT2D eigenvalue weighted by atomic mass is 16.5. The molecule has 24 heavy (non-hydrogen) atoms. The number of hydrogen-bond donors (Lipinski definition) is 1. The molecule has 6 heteroatoms. The first kappa shape index (κ1) is 16.8. The predicted molar refractivity (Wildman–Crippen MR) is 93.3 cm³/mol. The van der Waals surface area contributed by atoms with Gasteiger partial charge in [0.2, 0.25) is 5.89 Å². The average Bonchev–Trinajstić information content (AvgIpc) is 3.05. The largest absolute Gasteiger partial charge is 0.506 e. The highest BCUT2D eigenvalue weighted by Crippen LogP contribution is 2.29. The summed E-state index contributed by atoms with van der Waals surface area (Å²) < 4.78 is 5.48. The number of nitrogens with zero attached hydrogens (tertiary/aromatic N) is 4. The molecule has 1 atom stereocenters. The van der Waals surface area contributed by atoms with E-state index in [9.17, 15) is 5.11 Å². The maximum Gasteiger partial charge on any atom is 0.243 e. The van der Waals surface area contributed by atoms with Crippen LogP contribution < -0.4 is 4.90 Å². The van der Waals surface area contributed by atoms with Gasteiger partial charge in [-0.15, -0.1) is 0 Å². The molecule has 0 spiro atoms. The van der Waals surface area contributed by atoms with Gasteiger partial charge < -0.3 is 14.5 Å². The molecule has 1 fully saturated rings. The second-order valence-corrected chi connectivity index (χ2v) is 7.39. The Bertz CT molecular complexity index is 684. The number of phenols is 1. The van der Waals surface area contributed by atoms with Crippen LogP contribution in [0, 0.1) is 0 Å². The van der Waals surface area contributed by atoms with Gasteiger partial charge in [-0.25, -0.2) is 0 Å². The van der Waals surface area contributed by atoms with E-state index in [1.54, 1.807) is 6.07 Å². The van der Waals surface area contributed by atoms with Crippen LogP contribution in [-0.2, 0) is 5.41 Å². The number of aromatic nitrogens is 2. The van der Waals surface area contributed by atoms with E-state index in [1.807, 2.05) is 18.2 Å². The second-order valence-electron chi connectivity index (χ2n) is 7.39. The minimum atomic E-state index is -0.106. The summed E-state index contributed by atoms with van der Waals surface area (Å²) >= 11 is 0. The zero-order valence-electron chi connectivity index (χ0n) is 14.9. The zero-order valence-corrected chi connectivity index (χ0v) is 14.9. The van der Waals surface area contributed by atoms with E-state index < -0.39 is 0 Å². The fourth-order valence-electron chi connectivity index (χ4n) is 2.95. The van der Waals surface area contributed by atoms with Crippen molar-refractivity contribution in [3.63, 3.8) is 0 Å². The topological polar surface area (TPSA) is 65.6 Å². The van der Waals surface area contributed by atoms with E-state index in [-0.39, 0.29) is 11.5 Å². The quantitative estimate of drug-likeness (QED) is 0.933. The number of piperazine rings is 1. The van der Waals surface area contributed by atoms with Gasteiger partial charge in [-0.2, -0.15) is 4.98 Å². The van der Waals surface area contributed by atoms with Crippen molar-refractivity contribution < 1.29 is 9.63 Å². The Hall–Kier alpha value is -2.08. The molecule has 0 unspecified atom stereocenters. The van der Waals surface area contributed by atoms with Gasteiger partial charge in [0.1, 0.15) is 5.75 Å². The molecule has 1 aliphatic rings. The van der Waals surface area contributed by atoms with Crippen LogP contribution in [-0.4, -0.2) is 46.3 Å².